The Balaban J connectivity index is 1.84. The molecule has 26 heavy (non-hydrogen) atoms. The molecule has 0 radical (unpaired) electrons. The number of rotatable bonds is 4. The summed E-state index contributed by atoms with van der Waals surface area (Å²) in [6, 6.07) is 12.6. The van der Waals surface area contributed by atoms with E-state index in [1.54, 1.807) is 24.3 Å². The molecule has 2 aromatic rings. The van der Waals surface area contributed by atoms with Gasteiger partial charge in [-0.25, -0.2) is 9.18 Å². The number of ketones is 1. The highest BCUT2D eigenvalue weighted by atomic mass is 19.1. The van der Waals surface area contributed by atoms with E-state index in [2.05, 4.69) is 5.32 Å². The number of nitrogens with one attached hydrogen (secondary N) is 1. The van der Waals surface area contributed by atoms with Crippen LogP contribution in [0.5, 0.6) is 0 Å². The van der Waals surface area contributed by atoms with Gasteiger partial charge in [-0.3, -0.25) is 14.5 Å². The third-order valence-corrected chi connectivity index (χ3v) is 4.31. The van der Waals surface area contributed by atoms with E-state index in [1.165, 1.54) is 25.1 Å². The number of hydrogen-bond acceptors (Lipinski definition) is 4. The fourth-order valence-electron chi connectivity index (χ4n) is 2.81. The number of nitrogens with zero attached hydrogens (tertiary/aromatic N) is 2. The number of Topliss-reactive ketones (excluding diaryl/α,β-unsaturated/α-hetero) is 1. The number of benzene rings is 2. The highest BCUT2D eigenvalue weighted by Crippen LogP contribution is 2.29. The summed E-state index contributed by atoms with van der Waals surface area (Å²) in [6.45, 7) is 1.04. The summed E-state index contributed by atoms with van der Waals surface area (Å²) in [7, 11) is 0. The van der Waals surface area contributed by atoms with Crippen LogP contribution in [-0.2, 0) is 10.3 Å². The number of nitriles is 1. The van der Waals surface area contributed by atoms with Crippen molar-refractivity contribution in [2.24, 2.45) is 0 Å². The first-order chi connectivity index (χ1) is 12.3. The molecule has 6 nitrogen and oxygen atoms in total. The molecular weight excluding hydrogens is 337 g/mol. The number of amides is 3. The van der Waals surface area contributed by atoms with E-state index in [-0.39, 0.29) is 5.56 Å². The standard InChI is InChI=1S/C19H14FN3O3/c1-19(14-7-5-12(10-21)6-8-14)17(25)23(18(26)22-19)11-16(24)13-3-2-4-15(20)9-13/h2-9H,11H2,1H3,(H,22,26). The number of carbonyl (C=O) groups excluding carboxylic acids is 3. The Hall–Kier alpha value is -3.53. The van der Waals surface area contributed by atoms with Crippen LogP contribution in [-0.4, -0.2) is 29.2 Å². The molecule has 130 valence electrons. The van der Waals surface area contributed by atoms with Crippen molar-refractivity contribution < 1.29 is 18.8 Å². The lowest BCUT2D eigenvalue weighted by atomic mass is 9.91. The Morgan fingerprint density at radius 3 is 2.54 bits per heavy atom. The average Bonchev–Trinajstić information content (AvgIpc) is 2.86. The lowest BCUT2D eigenvalue weighted by Gasteiger charge is -2.22. The van der Waals surface area contributed by atoms with Gasteiger partial charge in [0, 0.05) is 5.56 Å². The van der Waals surface area contributed by atoms with Gasteiger partial charge in [0.1, 0.15) is 11.4 Å². The van der Waals surface area contributed by atoms with Crippen LogP contribution >= 0.6 is 0 Å². The van der Waals surface area contributed by atoms with E-state index in [0.29, 0.717) is 11.1 Å². The second-order valence-electron chi connectivity index (χ2n) is 6.07. The van der Waals surface area contributed by atoms with E-state index in [1.807, 2.05) is 6.07 Å². The largest absolute Gasteiger partial charge is 0.325 e. The SMILES string of the molecule is CC1(c2ccc(C#N)cc2)NC(=O)N(CC(=O)c2cccc(F)c2)C1=O. The molecule has 3 rings (SSSR count). The first-order valence-corrected chi connectivity index (χ1v) is 7.78. The molecule has 7 heteroatoms. The maximum absolute atomic E-state index is 13.3. The average molecular weight is 351 g/mol. The topological polar surface area (TPSA) is 90.3 Å². The fourth-order valence-corrected chi connectivity index (χ4v) is 2.81. The van der Waals surface area contributed by atoms with Gasteiger partial charge in [-0.05, 0) is 36.8 Å². The first-order valence-electron chi connectivity index (χ1n) is 7.78. The first kappa shape index (κ1) is 17.3. The zero-order valence-corrected chi connectivity index (χ0v) is 13.8. The van der Waals surface area contributed by atoms with Crippen LogP contribution in [0, 0.1) is 17.1 Å². The quantitative estimate of drug-likeness (QED) is 0.676. The Bertz CT molecular complexity index is 949. The molecule has 1 unspecified atom stereocenters. The van der Waals surface area contributed by atoms with Crippen LogP contribution in [0.3, 0.4) is 0 Å². The van der Waals surface area contributed by atoms with E-state index in [4.69, 9.17) is 5.26 Å². The summed E-state index contributed by atoms with van der Waals surface area (Å²) in [4.78, 5) is 38.1. The molecule has 0 bridgehead atoms. The van der Waals surface area contributed by atoms with E-state index >= 15 is 0 Å². The second kappa shape index (κ2) is 6.41. The molecule has 3 amide bonds. The molecular formula is C19H14FN3O3. The van der Waals surface area contributed by atoms with E-state index in [0.717, 1.165) is 11.0 Å². The van der Waals surface area contributed by atoms with E-state index in [9.17, 15) is 18.8 Å². The number of carbonyl (C=O) groups is 3. The van der Waals surface area contributed by atoms with Crippen molar-refractivity contribution in [1.82, 2.24) is 10.2 Å². The van der Waals surface area contributed by atoms with Gasteiger partial charge in [-0.15, -0.1) is 0 Å². The van der Waals surface area contributed by atoms with Crippen LogP contribution in [0.15, 0.2) is 48.5 Å². The summed E-state index contributed by atoms with van der Waals surface area (Å²) in [5.41, 5.74) is -0.340. The summed E-state index contributed by atoms with van der Waals surface area (Å²) < 4.78 is 13.3. The molecule has 1 atom stereocenters. The van der Waals surface area contributed by atoms with Crippen molar-refractivity contribution in [2.75, 3.05) is 6.54 Å². The van der Waals surface area contributed by atoms with Gasteiger partial charge < -0.3 is 5.32 Å². The van der Waals surface area contributed by atoms with Crippen molar-refractivity contribution in [3.05, 3.63) is 71.0 Å². The Morgan fingerprint density at radius 2 is 1.92 bits per heavy atom. The van der Waals surface area contributed by atoms with Crippen molar-refractivity contribution in [3.8, 4) is 6.07 Å². The van der Waals surface area contributed by atoms with Crippen LogP contribution in [0.4, 0.5) is 9.18 Å². The van der Waals surface area contributed by atoms with Crippen molar-refractivity contribution in [1.29, 1.82) is 5.26 Å². The lowest BCUT2D eigenvalue weighted by Crippen LogP contribution is -2.41. The molecule has 2 aromatic carbocycles. The molecule has 1 fully saturated rings. The second-order valence-corrected chi connectivity index (χ2v) is 6.07. The minimum Gasteiger partial charge on any atom is -0.319 e. The van der Waals surface area contributed by atoms with Crippen LogP contribution < -0.4 is 5.32 Å². The van der Waals surface area contributed by atoms with E-state index < -0.39 is 35.6 Å². The molecule has 0 spiro atoms. The highest BCUT2D eigenvalue weighted by molar-refractivity contribution is 6.11. The monoisotopic (exact) mass is 351 g/mol. The number of urea groups is 1. The van der Waals surface area contributed by atoms with Crippen LogP contribution in [0.25, 0.3) is 0 Å². The Labute approximate surface area is 148 Å². The Morgan fingerprint density at radius 1 is 1.23 bits per heavy atom. The minimum atomic E-state index is -1.34. The Kier molecular flexibility index (Phi) is 4.26. The molecule has 1 aliphatic heterocycles. The summed E-state index contributed by atoms with van der Waals surface area (Å²) >= 11 is 0. The molecule has 1 saturated heterocycles. The van der Waals surface area contributed by atoms with Crippen molar-refractivity contribution >= 4 is 17.7 Å². The highest BCUT2D eigenvalue weighted by Gasteiger charge is 2.49. The number of halogens is 1. The summed E-state index contributed by atoms with van der Waals surface area (Å²) in [5, 5.41) is 11.4. The normalized spacial score (nSPS) is 19.2. The maximum atomic E-state index is 13.3. The predicted molar refractivity (Wildman–Crippen MR) is 89.5 cm³/mol. The third-order valence-electron chi connectivity index (χ3n) is 4.31. The van der Waals surface area contributed by atoms with Gasteiger partial charge in [-0.2, -0.15) is 5.26 Å². The van der Waals surface area contributed by atoms with Gasteiger partial charge >= 0.3 is 6.03 Å². The minimum absolute atomic E-state index is 0.0811. The van der Waals surface area contributed by atoms with Crippen LogP contribution in [0.1, 0.15) is 28.4 Å². The van der Waals surface area contributed by atoms with Gasteiger partial charge in [0.25, 0.3) is 5.91 Å². The molecule has 0 aromatic heterocycles. The zero-order valence-electron chi connectivity index (χ0n) is 13.8. The van der Waals surface area contributed by atoms with Crippen LogP contribution in [0.2, 0.25) is 0 Å². The lowest BCUT2D eigenvalue weighted by molar-refractivity contribution is -0.130. The van der Waals surface area contributed by atoms with Crippen molar-refractivity contribution in [3.63, 3.8) is 0 Å². The molecule has 1 heterocycles. The van der Waals surface area contributed by atoms with Gasteiger partial charge in [0.15, 0.2) is 5.78 Å². The van der Waals surface area contributed by atoms with Crippen molar-refractivity contribution in [2.45, 2.75) is 12.5 Å². The summed E-state index contributed by atoms with van der Waals surface area (Å²) in [6.07, 6.45) is 0. The molecule has 0 aliphatic carbocycles. The van der Waals surface area contributed by atoms with Gasteiger partial charge in [0.2, 0.25) is 0 Å². The number of hydrogen-bond donors (Lipinski definition) is 1. The summed E-state index contributed by atoms with van der Waals surface area (Å²) in [5.74, 6) is -1.70. The fraction of sp³-hybridized carbons (Fsp3) is 0.158. The third kappa shape index (κ3) is 2.93. The molecule has 1 N–H and O–H groups in total. The molecule has 0 saturated carbocycles. The molecule has 1 aliphatic rings. The maximum Gasteiger partial charge on any atom is 0.325 e. The predicted octanol–water partition coefficient (Wildman–Crippen LogP) is 2.35. The van der Waals surface area contributed by atoms with Gasteiger partial charge in [0.05, 0.1) is 18.2 Å². The van der Waals surface area contributed by atoms with Gasteiger partial charge in [-0.1, -0.05) is 24.3 Å². The number of imide groups is 1. The smallest absolute Gasteiger partial charge is 0.319 e. The zero-order chi connectivity index (χ0) is 18.9.